The summed E-state index contributed by atoms with van der Waals surface area (Å²) in [6.07, 6.45) is 1.75. The number of hydrogen-bond acceptors (Lipinski definition) is 4. The zero-order valence-electron chi connectivity index (χ0n) is 12.7. The Morgan fingerprint density at radius 3 is 2.30 bits per heavy atom. The van der Waals surface area contributed by atoms with Gasteiger partial charge in [-0.1, -0.05) is 24.3 Å². The molecule has 0 spiro atoms. The first-order valence-electron chi connectivity index (χ1n) is 7.26. The number of phenols is 2. The van der Waals surface area contributed by atoms with E-state index < -0.39 is 0 Å². The Balaban J connectivity index is 2.14. The number of hydrogen-bond donors (Lipinski definition) is 2. The normalized spacial score (nSPS) is 11.9. The third-order valence-electron chi connectivity index (χ3n) is 3.75. The fraction of sp³-hybridized carbons (Fsp3) is 0.105. The summed E-state index contributed by atoms with van der Waals surface area (Å²) < 4.78 is 5.22. The predicted octanol–water partition coefficient (Wildman–Crippen LogP) is 3.68. The highest BCUT2D eigenvalue weighted by Gasteiger charge is 2.19. The molecule has 3 rings (SSSR count). The second-order valence-electron chi connectivity index (χ2n) is 5.21. The van der Waals surface area contributed by atoms with Crippen LogP contribution < -0.4 is 4.74 Å². The molecule has 2 N–H and O–H groups in total. The number of nitrogens with zero attached hydrogens (tertiary/aromatic N) is 1. The number of aromatic nitrogens is 1. The Hall–Kier alpha value is -3.01. The lowest BCUT2D eigenvalue weighted by Gasteiger charge is -2.19. The van der Waals surface area contributed by atoms with Crippen LogP contribution in [-0.4, -0.2) is 22.3 Å². The molecular formula is C19H17NO3. The Morgan fingerprint density at radius 2 is 1.65 bits per heavy atom. The standard InChI is InChI=1S/C19H17NO3/c1-23-18-12-14(7-10-17(18)22)19(16-4-2-3-11-20-16)13-5-8-15(21)9-6-13/h2-12,19,21-22H,1H3. The molecule has 2 aromatic carbocycles. The molecule has 4 nitrogen and oxygen atoms in total. The van der Waals surface area contributed by atoms with Gasteiger partial charge in [0.15, 0.2) is 11.5 Å². The highest BCUT2D eigenvalue weighted by molar-refractivity contribution is 5.48. The number of benzene rings is 2. The summed E-state index contributed by atoms with van der Waals surface area (Å²) in [7, 11) is 1.52. The van der Waals surface area contributed by atoms with Crippen LogP contribution >= 0.6 is 0 Å². The van der Waals surface area contributed by atoms with Crippen LogP contribution in [-0.2, 0) is 0 Å². The Labute approximate surface area is 134 Å². The smallest absolute Gasteiger partial charge is 0.160 e. The maximum atomic E-state index is 9.82. The maximum absolute atomic E-state index is 9.82. The van der Waals surface area contributed by atoms with Crippen molar-refractivity contribution in [2.75, 3.05) is 7.11 Å². The zero-order chi connectivity index (χ0) is 16.2. The van der Waals surface area contributed by atoms with Gasteiger partial charge < -0.3 is 14.9 Å². The second-order valence-corrected chi connectivity index (χ2v) is 5.21. The molecule has 0 amide bonds. The van der Waals surface area contributed by atoms with Crippen LogP contribution in [0.5, 0.6) is 17.2 Å². The first-order chi connectivity index (χ1) is 11.2. The Kier molecular flexibility index (Phi) is 4.15. The van der Waals surface area contributed by atoms with Crippen molar-refractivity contribution >= 4 is 0 Å². The van der Waals surface area contributed by atoms with E-state index >= 15 is 0 Å². The molecule has 0 aliphatic rings. The molecule has 0 saturated heterocycles. The lowest BCUT2D eigenvalue weighted by Crippen LogP contribution is -2.05. The summed E-state index contributed by atoms with van der Waals surface area (Å²) in [6.45, 7) is 0. The van der Waals surface area contributed by atoms with Crippen LogP contribution in [0.3, 0.4) is 0 Å². The number of aromatic hydroxyl groups is 2. The van der Waals surface area contributed by atoms with Crippen LogP contribution in [0, 0.1) is 0 Å². The molecule has 0 bridgehead atoms. The number of rotatable bonds is 4. The fourth-order valence-corrected chi connectivity index (χ4v) is 2.62. The van der Waals surface area contributed by atoms with E-state index in [1.54, 1.807) is 24.4 Å². The lowest BCUT2D eigenvalue weighted by atomic mass is 9.88. The average Bonchev–Trinajstić information content (AvgIpc) is 2.59. The first kappa shape index (κ1) is 14.9. The summed E-state index contributed by atoms with van der Waals surface area (Å²) >= 11 is 0. The minimum Gasteiger partial charge on any atom is -0.508 e. The van der Waals surface area contributed by atoms with Crippen molar-refractivity contribution in [1.29, 1.82) is 0 Å². The first-order valence-corrected chi connectivity index (χ1v) is 7.26. The molecule has 3 aromatic rings. The molecule has 1 heterocycles. The molecule has 0 radical (unpaired) electrons. The van der Waals surface area contributed by atoms with Gasteiger partial charge in [-0.05, 0) is 47.5 Å². The quantitative estimate of drug-likeness (QED) is 0.772. The van der Waals surface area contributed by atoms with Gasteiger partial charge in [0.25, 0.3) is 0 Å². The van der Waals surface area contributed by atoms with Gasteiger partial charge in [-0.2, -0.15) is 0 Å². The molecule has 4 heteroatoms. The van der Waals surface area contributed by atoms with E-state index in [1.165, 1.54) is 7.11 Å². The number of ether oxygens (including phenoxy) is 1. The van der Waals surface area contributed by atoms with Crippen LogP contribution in [0.1, 0.15) is 22.7 Å². The third kappa shape index (κ3) is 3.11. The topological polar surface area (TPSA) is 62.6 Å². The summed E-state index contributed by atoms with van der Waals surface area (Å²) in [6, 6.07) is 18.1. The molecule has 0 aliphatic carbocycles. The minimum absolute atomic E-state index is 0.0988. The summed E-state index contributed by atoms with van der Waals surface area (Å²) in [4.78, 5) is 4.47. The fourth-order valence-electron chi connectivity index (χ4n) is 2.62. The van der Waals surface area contributed by atoms with Crippen molar-refractivity contribution in [3.8, 4) is 17.2 Å². The van der Waals surface area contributed by atoms with Crippen LogP contribution in [0.2, 0.25) is 0 Å². The zero-order valence-corrected chi connectivity index (χ0v) is 12.7. The van der Waals surface area contributed by atoms with Crippen molar-refractivity contribution in [3.63, 3.8) is 0 Å². The maximum Gasteiger partial charge on any atom is 0.160 e. The largest absolute Gasteiger partial charge is 0.508 e. The van der Waals surface area contributed by atoms with Gasteiger partial charge in [0.1, 0.15) is 5.75 Å². The van der Waals surface area contributed by atoms with Crippen molar-refractivity contribution in [2.24, 2.45) is 0 Å². The van der Waals surface area contributed by atoms with Gasteiger partial charge in [-0.25, -0.2) is 0 Å². The molecule has 0 fully saturated rings. The molecule has 0 saturated carbocycles. The molecule has 116 valence electrons. The summed E-state index contributed by atoms with van der Waals surface area (Å²) in [5, 5.41) is 19.4. The molecule has 1 atom stereocenters. The lowest BCUT2D eigenvalue weighted by molar-refractivity contribution is 0.373. The van der Waals surface area contributed by atoms with E-state index in [1.807, 2.05) is 42.5 Å². The summed E-state index contributed by atoms with van der Waals surface area (Å²) in [5.41, 5.74) is 2.82. The number of phenolic OH excluding ortho intramolecular Hbond substituents is 2. The average molecular weight is 307 g/mol. The van der Waals surface area contributed by atoms with Crippen molar-refractivity contribution in [1.82, 2.24) is 4.98 Å². The Bertz CT molecular complexity index is 785. The van der Waals surface area contributed by atoms with Crippen molar-refractivity contribution in [3.05, 3.63) is 83.7 Å². The molecule has 1 unspecified atom stereocenters. The predicted molar refractivity (Wildman–Crippen MR) is 87.9 cm³/mol. The van der Waals surface area contributed by atoms with Gasteiger partial charge >= 0.3 is 0 Å². The molecular weight excluding hydrogens is 290 g/mol. The van der Waals surface area contributed by atoms with E-state index in [-0.39, 0.29) is 17.4 Å². The number of methoxy groups -OCH3 is 1. The number of pyridine rings is 1. The van der Waals surface area contributed by atoms with Gasteiger partial charge in [0.2, 0.25) is 0 Å². The Morgan fingerprint density at radius 1 is 0.913 bits per heavy atom. The second kappa shape index (κ2) is 6.40. The van der Waals surface area contributed by atoms with E-state index in [0.29, 0.717) is 5.75 Å². The van der Waals surface area contributed by atoms with E-state index in [2.05, 4.69) is 4.98 Å². The van der Waals surface area contributed by atoms with Crippen LogP contribution in [0.15, 0.2) is 66.9 Å². The van der Waals surface area contributed by atoms with Gasteiger partial charge in [-0.3, -0.25) is 4.98 Å². The highest BCUT2D eigenvalue weighted by atomic mass is 16.5. The minimum atomic E-state index is -0.119. The van der Waals surface area contributed by atoms with Gasteiger partial charge in [0, 0.05) is 6.20 Å². The third-order valence-corrected chi connectivity index (χ3v) is 3.75. The van der Waals surface area contributed by atoms with Crippen molar-refractivity contribution < 1.29 is 14.9 Å². The van der Waals surface area contributed by atoms with Crippen molar-refractivity contribution in [2.45, 2.75) is 5.92 Å². The molecule has 0 aliphatic heterocycles. The van der Waals surface area contributed by atoms with Crippen LogP contribution in [0.25, 0.3) is 0 Å². The SMILES string of the molecule is COc1cc(C(c2ccc(O)cc2)c2ccccn2)ccc1O. The van der Waals surface area contributed by atoms with Gasteiger partial charge in [0.05, 0.1) is 18.7 Å². The summed E-state index contributed by atoms with van der Waals surface area (Å²) in [5.74, 6) is 0.618. The highest BCUT2D eigenvalue weighted by Crippen LogP contribution is 2.36. The van der Waals surface area contributed by atoms with E-state index in [9.17, 15) is 10.2 Å². The molecule has 1 aromatic heterocycles. The van der Waals surface area contributed by atoms with Gasteiger partial charge in [-0.15, -0.1) is 0 Å². The van der Waals surface area contributed by atoms with E-state index in [0.717, 1.165) is 16.8 Å². The van der Waals surface area contributed by atoms with Crippen LogP contribution in [0.4, 0.5) is 0 Å². The monoisotopic (exact) mass is 307 g/mol. The molecule has 23 heavy (non-hydrogen) atoms. The van der Waals surface area contributed by atoms with E-state index in [4.69, 9.17) is 4.74 Å².